The first kappa shape index (κ1) is 12.5. The van der Waals surface area contributed by atoms with Crippen LogP contribution in [0.3, 0.4) is 0 Å². The number of likely N-dealkylation sites (tertiary alicyclic amines) is 1. The maximum Gasteiger partial charge on any atom is 0.223 e. The van der Waals surface area contributed by atoms with Gasteiger partial charge in [0.15, 0.2) is 5.82 Å². The van der Waals surface area contributed by atoms with E-state index in [4.69, 9.17) is 4.52 Å². The lowest BCUT2D eigenvalue weighted by molar-refractivity contribution is -0.0139. The highest BCUT2D eigenvalue weighted by Gasteiger charge is 2.30. The van der Waals surface area contributed by atoms with Gasteiger partial charge in [-0.1, -0.05) is 5.16 Å². The number of nitrogens with zero attached hydrogens (tertiary/aromatic N) is 3. The minimum atomic E-state index is -0.561. The van der Waals surface area contributed by atoms with E-state index < -0.39 is 5.60 Å². The standard InChI is InChI=1S/C12H21N3O2/c1-9-13-11(14-17-9)8-15-6-4-10(5-7-15)12(2,3)16/h10,16H,4-8H2,1-3H3. The number of aromatic nitrogens is 2. The molecule has 0 aliphatic carbocycles. The van der Waals surface area contributed by atoms with E-state index in [-0.39, 0.29) is 0 Å². The minimum absolute atomic E-state index is 0.394. The second kappa shape index (κ2) is 4.74. The Morgan fingerprint density at radius 2 is 2.06 bits per heavy atom. The molecule has 0 spiro atoms. The van der Waals surface area contributed by atoms with Crippen LogP contribution in [0.4, 0.5) is 0 Å². The molecule has 0 saturated carbocycles. The van der Waals surface area contributed by atoms with Crippen molar-refractivity contribution in [2.75, 3.05) is 13.1 Å². The summed E-state index contributed by atoms with van der Waals surface area (Å²) in [5.74, 6) is 1.77. The number of aliphatic hydroxyl groups is 1. The summed E-state index contributed by atoms with van der Waals surface area (Å²) in [5, 5.41) is 13.9. The molecule has 17 heavy (non-hydrogen) atoms. The zero-order chi connectivity index (χ0) is 12.5. The maximum atomic E-state index is 9.96. The molecule has 2 rings (SSSR count). The van der Waals surface area contributed by atoms with E-state index in [2.05, 4.69) is 15.0 Å². The average Bonchev–Trinajstić information content (AvgIpc) is 2.63. The number of rotatable bonds is 3. The summed E-state index contributed by atoms with van der Waals surface area (Å²) in [6, 6.07) is 0. The van der Waals surface area contributed by atoms with Crippen molar-refractivity contribution in [3.05, 3.63) is 11.7 Å². The summed E-state index contributed by atoms with van der Waals surface area (Å²) in [6.07, 6.45) is 2.06. The SMILES string of the molecule is Cc1nc(CN2CCC(C(C)(C)O)CC2)no1. The lowest BCUT2D eigenvalue weighted by Gasteiger charge is -2.37. The van der Waals surface area contributed by atoms with Gasteiger partial charge < -0.3 is 9.63 Å². The molecule has 0 atom stereocenters. The molecule has 0 bridgehead atoms. The van der Waals surface area contributed by atoms with Crippen LogP contribution in [0.2, 0.25) is 0 Å². The number of hydrogen-bond donors (Lipinski definition) is 1. The van der Waals surface area contributed by atoms with Gasteiger partial charge in [0.2, 0.25) is 5.89 Å². The van der Waals surface area contributed by atoms with Crippen molar-refractivity contribution in [1.29, 1.82) is 0 Å². The van der Waals surface area contributed by atoms with Crippen molar-refractivity contribution >= 4 is 0 Å². The predicted octanol–water partition coefficient (Wildman–Crippen LogP) is 1.36. The fraction of sp³-hybridized carbons (Fsp3) is 0.833. The summed E-state index contributed by atoms with van der Waals surface area (Å²) < 4.78 is 4.95. The fourth-order valence-corrected chi connectivity index (χ4v) is 2.40. The largest absolute Gasteiger partial charge is 0.390 e. The maximum absolute atomic E-state index is 9.96. The Kier molecular flexibility index (Phi) is 3.49. The second-order valence-corrected chi connectivity index (χ2v) is 5.43. The highest BCUT2D eigenvalue weighted by Crippen LogP contribution is 2.28. The van der Waals surface area contributed by atoms with Gasteiger partial charge in [-0.2, -0.15) is 4.98 Å². The molecule has 1 saturated heterocycles. The lowest BCUT2D eigenvalue weighted by Crippen LogP contribution is -2.41. The predicted molar refractivity (Wildman–Crippen MR) is 63.3 cm³/mol. The van der Waals surface area contributed by atoms with Crippen LogP contribution in [-0.4, -0.2) is 38.8 Å². The smallest absolute Gasteiger partial charge is 0.223 e. The van der Waals surface area contributed by atoms with Crippen LogP contribution in [0, 0.1) is 12.8 Å². The molecule has 1 aromatic rings. The third-order valence-corrected chi connectivity index (χ3v) is 3.52. The Hall–Kier alpha value is -0.940. The molecule has 0 radical (unpaired) electrons. The van der Waals surface area contributed by atoms with Gasteiger partial charge in [0.05, 0.1) is 12.1 Å². The second-order valence-electron chi connectivity index (χ2n) is 5.43. The molecule has 5 nitrogen and oxygen atoms in total. The van der Waals surface area contributed by atoms with Gasteiger partial charge in [0, 0.05) is 6.92 Å². The van der Waals surface area contributed by atoms with Crippen LogP contribution in [-0.2, 0) is 6.54 Å². The van der Waals surface area contributed by atoms with Crippen LogP contribution in [0.5, 0.6) is 0 Å². The first-order valence-corrected chi connectivity index (χ1v) is 6.19. The van der Waals surface area contributed by atoms with Crippen molar-refractivity contribution in [3.8, 4) is 0 Å². The quantitative estimate of drug-likeness (QED) is 0.863. The van der Waals surface area contributed by atoms with Gasteiger partial charge in [0.1, 0.15) is 0 Å². The van der Waals surface area contributed by atoms with E-state index in [0.717, 1.165) is 38.3 Å². The molecule has 2 heterocycles. The van der Waals surface area contributed by atoms with Gasteiger partial charge in [0.25, 0.3) is 0 Å². The summed E-state index contributed by atoms with van der Waals surface area (Å²) in [4.78, 5) is 6.52. The number of hydrogen-bond acceptors (Lipinski definition) is 5. The van der Waals surface area contributed by atoms with Crippen LogP contribution in [0.1, 0.15) is 38.4 Å². The zero-order valence-electron chi connectivity index (χ0n) is 10.8. The average molecular weight is 239 g/mol. The normalized spacial score (nSPS) is 19.8. The van der Waals surface area contributed by atoms with Crippen LogP contribution >= 0.6 is 0 Å². The topological polar surface area (TPSA) is 62.4 Å². The molecule has 1 aliphatic heterocycles. The molecule has 5 heteroatoms. The van der Waals surface area contributed by atoms with E-state index >= 15 is 0 Å². The highest BCUT2D eigenvalue weighted by molar-refractivity contribution is 4.87. The Labute approximate surface area is 102 Å². The van der Waals surface area contributed by atoms with Crippen LogP contribution < -0.4 is 0 Å². The lowest BCUT2D eigenvalue weighted by atomic mass is 9.83. The van der Waals surface area contributed by atoms with Gasteiger partial charge in [-0.15, -0.1) is 0 Å². The number of piperidine rings is 1. The summed E-state index contributed by atoms with van der Waals surface area (Å²) in [6.45, 7) is 8.32. The van der Waals surface area contributed by atoms with Crippen molar-refractivity contribution in [2.45, 2.75) is 45.8 Å². The molecule has 1 aromatic heterocycles. The Bertz CT molecular complexity index is 362. The Balaban J connectivity index is 1.83. The van der Waals surface area contributed by atoms with E-state index in [1.807, 2.05) is 13.8 Å². The molecular weight excluding hydrogens is 218 g/mol. The molecule has 0 amide bonds. The van der Waals surface area contributed by atoms with Crippen molar-refractivity contribution in [3.63, 3.8) is 0 Å². The van der Waals surface area contributed by atoms with Crippen LogP contribution in [0.25, 0.3) is 0 Å². The third kappa shape index (κ3) is 3.26. The monoisotopic (exact) mass is 239 g/mol. The Morgan fingerprint density at radius 1 is 1.41 bits per heavy atom. The Morgan fingerprint density at radius 3 is 2.53 bits per heavy atom. The van der Waals surface area contributed by atoms with E-state index in [9.17, 15) is 5.11 Å². The molecule has 0 unspecified atom stereocenters. The molecule has 0 aromatic carbocycles. The van der Waals surface area contributed by atoms with Gasteiger partial charge in [-0.05, 0) is 45.7 Å². The summed E-state index contributed by atoms with van der Waals surface area (Å²) in [7, 11) is 0. The van der Waals surface area contributed by atoms with E-state index in [0.29, 0.717) is 11.8 Å². The summed E-state index contributed by atoms with van der Waals surface area (Å²) in [5.41, 5.74) is -0.561. The first-order chi connectivity index (χ1) is 7.95. The van der Waals surface area contributed by atoms with Gasteiger partial charge >= 0.3 is 0 Å². The fourth-order valence-electron chi connectivity index (χ4n) is 2.40. The van der Waals surface area contributed by atoms with Crippen molar-refractivity contribution < 1.29 is 9.63 Å². The molecule has 1 fully saturated rings. The first-order valence-electron chi connectivity index (χ1n) is 6.19. The van der Waals surface area contributed by atoms with Crippen molar-refractivity contribution in [2.24, 2.45) is 5.92 Å². The van der Waals surface area contributed by atoms with Gasteiger partial charge in [-0.3, -0.25) is 4.90 Å². The zero-order valence-corrected chi connectivity index (χ0v) is 10.8. The number of aryl methyl sites for hydroxylation is 1. The highest BCUT2D eigenvalue weighted by atomic mass is 16.5. The molecule has 1 aliphatic rings. The minimum Gasteiger partial charge on any atom is -0.390 e. The van der Waals surface area contributed by atoms with E-state index in [1.165, 1.54) is 0 Å². The van der Waals surface area contributed by atoms with Crippen molar-refractivity contribution in [1.82, 2.24) is 15.0 Å². The molecule has 96 valence electrons. The molecular formula is C12H21N3O2. The third-order valence-electron chi connectivity index (χ3n) is 3.52. The summed E-state index contributed by atoms with van der Waals surface area (Å²) >= 11 is 0. The molecule has 1 N–H and O–H groups in total. The van der Waals surface area contributed by atoms with Gasteiger partial charge in [-0.25, -0.2) is 0 Å². The van der Waals surface area contributed by atoms with E-state index in [1.54, 1.807) is 6.92 Å². The van der Waals surface area contributed by atoms with Crippen LogP contribution in [0.15, 0.2) is 4.52 Å².